The zero-order valence-corrected chi connectivity index (χ0v) is 10.2. The number of nitrogens with zero attached hydrogens (tertiary/aromatic N) is 1. The van der Waals surface area contributed by atoms with Gasteiger partial charge in [-0.25, -0.2) is 0 Å². The minimum absolute atomic E-state index is 0.208. The van der Waals surface area contributed by atoms with Crippen molar-refractivity contribution in [2.75, 3.05) is 18.0 Å². The van der Waals surface area contributed by atoms with Gasteiger partial charge in [-0.15, -0.1) is 0 Å². The number of carboxylic acid groups (broad SMARTS) is 1. The molecule has 1 N–H and O–H groups in total. The highest BCUT2D eigenvalue weighted by molar-refractivity contribution is 5.66. The Balaban J connectivity index is 2.61. The Kier molecular flexibility index (Phi) is 5.27. The molecule has 0 saturated carbocycles. The minimum atomic E-state index is -0.742. The van der Waals surface area contributed by atoms with E-state index < -0.39 is 5.97 Å². The molecule has 0 bridgehead atoms. The number of anilines is 1. The summed E-state index contributed by atoms with van der Waals surface area (Å²) in [7, 11) is 0. The van der Waals surface area contributed by atoms with Gasteiger partial charge < -0.3 is 10.0 Å². The molecular formula is C14H19NO2. The Labute approximate surface area is 102 Å². The third-order valence-electron chi connectivity index (χ3n) is 2.40. The van der Waals surface area contributed by atoms with Crippen LogP contribution in [0.1, 0.15) is 19.8 Å². The summed E-state index contributed by atoms with van der Waals surface area (Å²) in [6, 6.07) is 10.0. The van der Waals surface area contributed by atoms with E-state index in [0.717, 1.165) is 24.4 Å². The second kappa shape index (κ2) is 6.74. The summed E-state index contributed by atoms with van der Waals surface area (Å²) >= 11 is 0. The number of para-hydroxylation sites is 1. The summed E-state index contributed by atoms with van der Waals surface area (Å²) in [5.74, 6) is -0.742. The lowest BCUT2D eigenvalue weighted by atomic mass is 10.2. The lowest BCUT2D eigenvalue weighted by Crippen LogP contribution is -2.26. The number of hydrogen-bond acceptors (Lipinski definition) is 2. The molecule has 1 rings (SSSR count). The molecule has 92 valence electrons. The van der Waals surface area contributed by atoms with E-state index in [1.165, 1.54) is 0 Å². The van der Waals surface area contributed by atoms with Gasteiger partial charge in [0.05, 0.1) is 0 Å². The molecule has 0 aliphatic rings. The van der Waals surface area contributed by atoms with Gasteiger partial charge in [0.1, 0.15) is 0 Å². The van der Waals surface area contributed by atoms with Crippen LogP contribution in [0, 0.1) is 0 Å². The Morgan fingerprint density at radius 1 is 1.35 bits per heavy atom. The van der Waals surface area contributed by atoms with Crippen LogP contribution in [0.15, 0.2) is 42.5 Å². The fraction of sp³-hybridized carbons (Fsp3) is 0.357. The van der Waals surface area contributed by atoms with Crippen molar-refractivity contribution in [3.8, 4) is 0 Å². The first kappa shape index (κ1) is 13.3. The zero-order valence-electron chi connectivity index (χ0n) is 10.2. The van der Waals surface area contributed by atoms with Crippen LogP contribution in [-0.2, 0) is 4.79 Å². The molecule has 0 heterocycles. The largest absolute Gasteiger partial charge is 0.481 e. The normalized spacial score (nSPS) is 9.94. The Bertz CT molecular complexity index is 373. The van der Waals surface area contributed by atoms with Crippen LogP contribution in [0.2, 0.25) is 0 Å². The van der Waals surface area contributed by atoms with Gasteiger partial charge in [-0.2, -0.15) is 0 Å². The van der Waals surface area contributed by atoms with Crippen molar-refractivity contribution in [3.63, 3.8) is 0 Å². The van der Waals surface area contributed by atoms with Crippen LogP contribution in [0.5, 0.6) is 0 Å². The highest BCUT2D eigenvalue weighted by Gasteiger charge is 2.07. The molecule has 0 aliphatic heterocycles. The molecule has 3 heteroatoms. The molecule has 1 aromatic carbocycles. The van der Waals surface area contributed by atoms with Crippen LogP contribution in [-0.4, -0.2) is 24.2 Å². The Morgan fingerprint density at radius 2 is 2.00 bits per heavy atom. The van der Waals surface area contributed by atoms with Gasteiger partial charge >= 0.3 is 5.97 Å². The van der Waals surface area contributed by atoms with Crippen LogP contribution in [0.25, 0.3) is 0 Å². The number of rotatable bonds is 7. The molecule has 0 aliphatic carbocycles. The first-order valence-electron chi connectivity index (χ1n) is 5.76. The highest BCUT2D eigenvalue weighted by Crippen LogP contribution is 2.15. The lowest BCUT2D eigenvalue weighted by molar-refractivity contribution is -0.137. The average molecular weight is 233 g/mol. The average Bonchev–Trinajstić information content (AvgIpc) is 2.28. The maximum atomic E-state index is 10.5. The summed E-state index contributed by atoms with van der Waals surface area (Å²) in [5, 5.41) is 8.64. The van der Waals surface area contributed by atoms with Crippen molar-refractivity contribution in [2.45, 2.75) is 19.8 Å². The standard InChI is InChI=1S/C14H19NO2/c1-12(2)11-15(10-6-9-14(16)17)13-7-4-3-5-8-13/h3-5,7-8H,1,6,9-11H2,2H3,(H,16,17). The molecule has 0 amide bonds. The fourth-order valence-corrected chi connectivity index (χ4v) is 1.69. The smallest absolute Gasteiger partial charge is 0.303 e. The first-order chi connectivity index (χ1) is 8.09. The van der Waals surface area contributed by atoms with Gasteiger partial charge in [-0.1, -0.05) is 30.4 Å². The van der Waals surface area contributed by atoms with Gasteiger partial charge in [0.2, 0.25) is 0 Å². The molecule has 0 atom stereocenters. The predicted octanol–water partition coefficient (Wildman–Crippen LogP) is 2.93. The van der Waals surface area contributed by atoms with E-state index in [4.69, 9.17) is 5.11 Å². The van der Waals surface area contributed by atoms with Crippen LogP contribution >= 0.6 is 0 Å². The molecule has 0 fully saturated rings. The second-order valence-electron chi connectivity index (χ2n) is 4.21. The first-order valence-corrected chi connectivity index (χ1v) is 5.76. The molecular weight excluding hydrogens is 214 g/mol. The molecule has 0 unspecified atom stereocenters. The number of hydrogen-bond donors (Lipinski definition) is 1. The number of benzene rings is 1. The topological polar surface area (TPSA) is 40.5 Å². The second-order valence-corrected chi connectivity index (χ2v) is 4.21. The zero-order chi connectivity index (χ0) is 12.7. The summed E-state index contributed by atoms with van der Waals surface area (Å²) in [6.07, 6.45) is 0.858. The van der Waals surface area contributed by atoms with E-state index in [9.17, 15) is 4.79 Å². The molecule has 3 nitrogen and oxygen atoms in total. The Morgan fingerprint density at radius 3 is 2.53 bits per heavy atom. The van der Waals surface area contributed by atoms with Crippen molar-refractivity contribution in [3.05, 3.63) is 42.5 Å². The highest BCUT2D eigenvalue weighted by atomic mass is 16.4. The van der Waals surface area contributed by atoms with Crippen molar-refractivity contribution in [2.24, 2.45) is 0 Å². The van der Waals surface area contributed by atoms with Crippen molar-refractivity contribution in [1.29, 1.82) is 0 Å². The van der Waals surface area contributed by atoms with E-state index in [-0.39, 0.29) is 6.42 Å². The number of carboxylic acids is 1. The quantitative estimate of drug-likeness (QED) is 0.736. The molecule has 0 spiro atoms. The summed E-state index contributed by atoms with van der Waals surface area (Å²) in [4.78, 5) is 12.7. The number of aliphatic carboxylic acids is 1. The van der Waals surface area contributed by atoms with Crippen LogP contribution in [0.3, 0.4) is 0 Å². The van der Waals surface area contributed by atoms with E-state index >= 15 is 0 Å². The van der Waals surface area contributed by atoms with Crippen molar-refractivity contribution < 1.29 is 9.90 Å². The third kappa shape index (κ3) is 5.20. The van der Waals surface area contributed by atoms with Gasteiger partial charge in [0.25, 0.3) is 0 Å². The maximum absolute atomic E-state index is 10.5. The van der Waals surface area contributed by atoms with Crippen molar-refractivity contribution in [1.82, 2.24) is 0 Å². The van der Waals surface area contributed by atoms with Crippen LogP contribution < -0.4 is 4.90 Å². The summed E-state index contributed by atoms with van der Waals surface area (Å²) < 4.78 is 0. The Hall–Kier alpha value is -1.77. The van der Waals surface area contributed by atoms with Crippen molar-refractivity contribution >= 4 is 11.7 Å². The third-order valence-corrected chi connectivity index (χ3v) is 2.40. The monoisotopic (exact) mass is 233 g/mol. The molecule has 0 radical (unpaired) electrons. The van der Waals surface area contributed by atoms with E-state index in [0.29, 0.717) is 6.42 Å². The molecule has 0 saturated heterocycles. The fourth-order valence-electron chi connectivity index (χ4n) is 1.69. The van der Waals surface area contributed by atoms with Gasteiger partial charge in [-0.05, 0) is 25.5 Å². The lowest BCUT2D eigenvalue weighted by Gasteiger charge is -2.24. The van der Waals surface area contributed by atoms with E-state index in [1.807, 2.05) is 37.3 Å². The summed E-state index contributed by atoms with van der Waals surface area (Å²) in [6.45, 7) is 7.39. The van der Waals surface area contributed by atoms with E-state index in [1.54, 1.807) is 0 Å². The van der Waals surface area contributed by atoms with Gasteiger partial charge in [-0.3, -0.25) is 4.79 Å². The predicted molar refractivity (Wildman–Crippen MR) is 70.3 cm³/mol. The van der Waals surface area contributed by atoms with E-state index in [2.05, 4.69) is 11.5 Å². The molecule has 0 aromatic heterocycles. The molecule has 17 heavy (non-hydrogen) atoms. The van der Waals surface area contributed by atoms with Gasteiger partial charge in [0, 0.05) is 25.2 Å². The SMILES string of the molecule is C=C(C)CN(CCCC(=O)O)c1ccccc1. The van der Waals surface area contributed by atoms with Gasteiger partial charge in [0.15, 0.2) is 0 Å². The number of carbonyl (C=O) groups is 1. The van der Waals surface area contributed by atoms with Crippen LogP contribution in [0.4, 0.5) is 5.69 Å². The summed E-state index contributed by atoms with van der Waals surface area (Å²) in [5.41, 5.74) is 2.19. The maximum Gasteiger partial charge on any atom is 0.303 e. The molecule has 1 aromatic rings. The minimum Gasteiger partial charge on any atom is -0.481 e.